The van der Waals surface area contributed by atoms with Crippen molar-refractivity contribution >= 4 is 0 Å². The minimum atomic E-state index is 0.191. The van der Waals surface area contributed by atoms with Crippen LogP contribution in [0, 0.1) is 0 Å². The summed E-state index contributed by atoms with van der Waals surface area (Å²) in [6.07, 6.45) is 8.36. The molecular weight excluding hydrogens is 238 g/mol. The van der Waals surface area contributed by atoms with Crippen LogP contribution in [-0.2, 0) is 19.0 Å². The number of hydrogen-bond donors (Lipinski definition) is 1. The summed E-state index contributed by atoms with van der Waals surface area (Å²) >= 11 is 0. The van der Waals surface area contributed by atoms with Gasteiger partial charge >= 0.3 is 0 Å². The van der Waals surface area contributed by atoms with Crippen LogP contribution in [0.25, 0.3) is 0 Å². The Balaban J connectivity index is 1.71. The van der Waals surface area contributed by atoms with E-state index in [0.29, 0.717) is 0 Å². The van der Waals surface area contributed by atoms with Crippen molar-refractivity contribution < 1.29 is 0 Å². The molecule has 1 aliphatic rings. The van der Waals surface area contributed by atoms with Crippen molar-refractivity contribution in [2.75, 3.05) is 13.1 Å². The zero-order valence-electron chi connectivity index (χ0n) is 11.6. The minimum absolute atomic E-state index is 0.191. The van der Waals surface area contributed by atoms with Crippen LogP contribution < -0.4 is 0 Å². The zero-order chi connectivity index (χ0) is 13.3. The lowest BCUT2D eigenvalue weighted by atomic mass is 9.79. The first-order valence-electron chi connectivity index (χ1n) is 6.85. The van der Waals surface area contributed by atoms with Crippen LogP contribution >= 0.6 is 0 Å². The molecule has 102 valence electrons. The molecule has 5 nitrogen and oxygen atoms in total. The van der Waals surface area contributed by atoms with Gasteiger partial charge in [-0.3, -0.25) is 14.7 Å². The van der Waals surface area contributed by atoms with Gasteiger partial charge in [0.2, 0.25) is 0 Å². The molecule has 2 aromatic rings. The zero-order valence-corrected chi connectivity index (χ0v) is 11.6. The summed E-state index contributed by atoms with van der Waals surface area (Å²) in [5.41, 5.74) is 2.73. The van der Waals surface area contributed by atoms with E-state index in [4.69, 9.17) is 0 Å². The van der Waals surface area contributed by atoms with Crippen molar-refractivity contribution in [1.82, 2.24) is 24.9 Å². The van der Waals surface area contributed by atoms with Crippen LogP contribution in [-0.4, -0.2) is 38.0 Å². The Morgan fingerprint density at radius 3 is 3.05 bits per heavy atom. The van der Waals surface area contributed by atoms with Crippen LogP contribution in [0.1, 0.15) is 31.0 Å². The lowest BCUT2D eigenvalue weighted by Gasteiger charge is -2.39. The molecule has 1 aliphatic heterocycles. The topological polar surface area (TPSA) is 49.7 Å². The predicted octanol–water partition coefficient (Wildman–Crippen LogP) is 1.70. The number of rotatable bonds is 3. The van der Waals surface area contributed by atoms with E-state index in [1.165, 1.54) is 30.6 Å². The molecule has 0 bridgehead atoms. The average molecular weight is 259 g/mol. The normalized spacial score (nSPS) is 24.7. The van der Waals surface area contributed by atoms with E-state index in [0.717, 1.165) is 13.1 Å². The van der Waals surface area contributed by atoms with Gasteiger partial charge in [-0.1, -0.05) is 6.92 Å². The van der Waals surface area contributed by atoms with Crippen LogP contribution in [0.3, 0.4) is 0 Å². The molecule has 0 amide bonds. The first-order valence-corrected chi connectivity index (χ1v) is 6.85. The minimum Gasteiger partial charge on any atom is -0.298 e. The van der Waals surface area contributed by atoms with Gasteiger partial charge in [0.1, 0.15) is 0 Å². The van der Waals surface area contributed by atoms with Crippen molar-refractivity contribution in [2.24, 2.45) is 7.05 Å². The number of nitrogens with one attached hydrogen (secondary N) is 1. The summed E-state index contributed by atoms with van der Waals surface area (Å²) in [5, 5.41) is 11.5. The second kappa shape index (κ2) is 4.81. The molecule has 1 N–H and O–H groups in total. The van der Waals surface area contributed by atoms with Crippen molar-refractivity contribution in [3.05, 3.63) is 35.9 Å². The molecule has 1 fully saturated rings. The lowest BCUT2D eigenvalue weighted by Crippen LogP contribution is -2.44. The summed E-state index contributed by atoms with van der Waals surface area (Å²) in [6, 6.07) is 2.10. The fourth-order valence-corrected chi connectivity index (χ4v) is 3.10. The fraction of sp³-hybridized carbons (Fsp3) is 0.571. The predicted molar refractivity (Wildman–Crippen MR) is 73.7 cm³/mol. The number of aromatic nitrogens is 4. The van der Waals surface area contributed by atoms with Gasteiger partial charge < -0.3 is 0 Å². The van der Waals surface area contributed by atoms with Gasteiger partial charge in [-0.2, -0.15) is 10.2 Å². The van der Waals surface area contributed by atoms with E-state index >= 15 is 0 Å². The number of aromatic amines is 1. The molecule has 0 unspecified atom stereocenters. The Labute approximate surface area is 113 Å². The number of aryl methyl sites for hydroxylation is 1. The van der Waals surface area contributed by atoms with Crippen molar-refractivity contribution in [3.63, 3.8) is 0 Å². The maximum Gasteiger partial charge on any atom is 0.0534 e. The van der Waals surface area contributed by atoms with Gasteiger partial charge in [0.15, 0.2) is 0 Å². The Morgan fingerprint density at radius 1 is 1.47 bits per heavy atom. The number of nitrogens with zero attached hydrogens (tertiary/aromatic N) is 4. The summed E-state index contributed by atoms with van der Waals surface area (Å²) in [7, 11) is 1.97. The van der Waals surface area contributed by atoms with E-state index in [2.05, 4.69) is 39.4 Å². The SMILES string of the molecule is Cn1cc(CN2CCC[C@@](C)(c3ccn[nH]3)C2)cn1. The van der Waals surface area contributed by atoms with Crippen LogP contribution in [0.2, 0.25) is 0 Å². The molecule has 0 aliphatic carbocycles. The van der Waals surface area contributed by atoms with Gasteiger partial charge in [0.25, 0.3) is 0 Å². The maximum absolute atomic E-state index is 4.24. The highest BCUT2D eigenvalue weighted by molar-refractivity contribution is 5.16. The fourth-order valence-electron chi connectivity index (χ4n) is 3.10. The van der Waals surface area contributed by atoms with Gasteiger partial charge in [-0.25, -0.2) is 0 Å². The molecule has 0 aromatic carbocycles. The first kappa shape index (κ1) is 12.4. The molecule has 0 saturated carbocycles. The molecule has 1 saturated heterocycles. The van der Waals surface area contributed by atoms with Gasteiger partial charge in [0, 0.05) is 49.2 Å². The molecule has 0 radical (unpaired) electrons. The highest BCUT2D eigenvalue weighted by atomic mass is 15.2. The van der Waals surface area contributed by atoms with E-state index in [1.807, 2.05) is 24.1 Å². The Bertz CT molecular complexity index is 530. The van der Waals surface area contributed by atoms with E-state index in [1.54, 1.807) is 0 Å². The largest absolute Gasteiger partial charge is 0.298 e. The smallest absolute Gasteiger partial charge is 0.0534 e. The van der Waals surface area contributed by atoms with Crippen molar-refractivity contribution in [2.45, 2.75) is 31.7 Å². The Kier molecular flexibility index (Phi) is 3.14. The molecule has 19 heavy (non-hydrogen) atoms. The van der Waals surface area contributed by atoms with Crippen molar-refractivity contribution in [3.8, 4) is 0 Å². The molecule has 0 spiro atoms. The molecule has 2 aromatic heterocycles. The number of hydrogen-bond acceptors (Lipinski definition) is 3. The second-order valence-electron chi connectivity index (χ2n) is 5.87. The number of piperidine rings is 1. The van der Waals surface area contributed by atoms with E-state index in [9.17, 15) is 0 Å². The average Bonchev–Trinajstić information content (AvgIpc) is 3.01. The first-order chi connectivity index (χ1) is 9.16. The summed E-state index contributed by atoms with van der Waals surface area (Å²) in [4.78, 5) is 2.52. The number of likely N-dealkylation sites (tertiary alicyclic amines) is 1. The molecule has 3 heterocycles. The Hall–Kier alpha value is -1.62. The third-order valence-electron chi connectivity index (χ3n) is 4.09. The van der Waals surface area contributed by atoms with Gasteiger partial charge in [0.05, 0.1) is 6.20 Å². The van der Waals surface area contributed by atoms with Gasteiger partial charge in [-0.05, 0) is 25.5 Å². The third kappa shape index (κ3) is 2.56. The van der Waals surface area contributed by atoms with Crippen LogP contribution in [0.15, 0.2) is 24.7 Å². The van der Waals surface area contributed by atoms with E-state index < -0.39 is 0 Å². The summed E-state index contributed by atoms with van der Waals surface area (Å²) in [6.45, 7) is 5.55. The number of H-pyrrole nitrogens is 1. The summed E-state index contributed by atoms with van der Waals surface area (Å²) in [5.74, 6) is 0. The molecular formula is C14H21N5. The lowest BCUT2D eigenvalue weighted by molar-refractivity contribution is 0.147. The maximum atomic E-state index is 4.24. The highest BCUT2D eigenvalue weighted by Gasteiger charge is 2.33. The van der Waals surface area contributed by atoms with Crippen LogP contribution in [0.5, 0.6) is 0 Å². The van der Waals surface area contributed by atoms with E-state index in [-0.39, 0.29) is 5.41 Å². The quantitative estimate of drug-likeness (QED) is 0.912. The monoisotopic (exact) mass is 259 g/mol. The Morgan fingerprint density at radius 2 is 2.37 bits per heavy atom. The summed E-state index contributed by atoms with van der Waals surface area (Å²) < 4.78 is 1.87. The molecule has 1 atom stereocenters. The second-order valence-corrected chi connectivity index (χ2v) is 5.87. The van der Waals surface area contributed by atoms with Gasteiger partial charge in [-0.15, -0.1) is 0 Å². The molecule has 5 heteroatoms. The van der Waals surface area contributed by atoms with Crippen molar-refractivity contribution in [1.29, 1.82) is 0 Å². The van der Waals surface area contributed by atoms with Crippen LogP contribution in [0.4, 0.5) is 0 Å². The highest BCUT2D eigenvalue weighted by Crippen LogP contribution is 2.32. The standard InChI is InChI=1S/C14H21N5/c1-14(13-4-6-15-17-13)5-3-7-19(11-14)10-12-8-16-18(2)9-12/h4,6,8-9H,3,5,7,10-11H2,1-2H3,(H,15,17)/t14-/m1/s1. The molecule has 3 rings (SSSR count). The third-order valence-corrected chi connectivity index (χ3v) is 4.09.